The van der Waals surface area contributed by atoms with Gasteiger partial charge in [-0.15, -0.1) is 0 Å². The lowest BCUT2D eigenvalue weighted by Gasteiger charge is -2.60. The maximum atomic E-state index is 13.6. The molecule has 4 bridgehead atoms. The highest BCUT2D eigenvalue weighted by atomic mass is 32.2. The number of hydrogen-bond donors (Lipinski definition) is 1. The van der Waals surface area contributed by atoms with Crippen LogP contribution in [0.4, 0.5) is 5.95 Å². The number of fused-ring (bicyclic) bond motifs is 4. The second-order valence-electron chi connectivity index (χ2n) is 14.5. The monoisotopic (exact) mass is 630 g/mol. The first-order valence-corrected chi connectivity index (χ1v) is 17.7. The molecule has 1 amide bonds. The lowest BCUT2D eigenvalue weighted by molar-refractivity contribution is -0.153. The minimum atomic E-state index is -3.94. The van der Waals surface area contributed by atoms with Crippen molar-refractivity contribution < 1.29 is 17.9 Å². The lowest BCUT2D eigenvalue weighted by Crippen LogP contribution is -2.54. The van der Waals surface area contributed by atoms with Crippen molar-refractivity contribution in [2.75, 3.05) is 25.4 Å². The van der Waals surface area contributed by atoms with Crippen molar-refractivity contribution in [2.24, 2.45) is 35.0 Å². The van der Waals surface area contributed by atoms with Gasteiger partial charge in [0.1, 0.15) is 0 Å². The summed E-state index contributed by atoms with van der Waals surface area (Å²) in [5, 5.41) is 0. The molecule has 0 radical (unpaired) electrons. The molecule has 2 aliphatic carbocycles. The molecule has 1 aromatic heterocycles. The van der Waals surface area contributed by atoms with Crippen LogP contribution in [0.3, 0.4) is 0 Å². The standard InChI is InChI=1S/C36H46N4O4S/c1-22(2)13-26-21-44-32-16-31(33-23(3)9-7-10-24(33)4)37-35(38-32)39-45(42,43)29-12-8-11-25(14-29)15-30(26)27-17-36(18-27)19-28(20-36)34(41)40(5)6/h7-12,14,16,22,26-28,30H,13,15,17-21H2,1-6H3,(H,37,38,39)/t26-,27-,28-,30?,36?/m1/s1. The number of nitrogens with one attached hydrogen (secondary N) is 1. The zero-order chi connectivity index (χ0) is 32.1. The van der Waals surface area contributed by atoms with Crippen molar-refractivity contribution >= 4 is 21.9 Å². The van der Waals surface area contributed by atoms with Gasteiger partial charge in [0.25, 0.3) is 10.0 Å². The van der Waals surface area contributed by atoms with Gasteiger partial charge in [-0.2, -0.15) is 4.98 Å². The van der Waals surface area contributed by atoms with Gasteiger partial charge in [-0.3, -0.25) is 4.79 Å². The summed E-state index contributed by atoms with van der Waals surface area (Å²) in [7, 11) is -0.254. The third-order valence-electron chi connectivity index (χ3n) is 10.3. The summed E-state index contributed by atoms with van der Waals surface area (Å²) in [6.45, 7) is 9.05. The number of benzene rings is 2. The highest BCUT2D eigenvalue weighted by Gasteiger charge is 2.57. The Kier molecular flexibility index (Phi) is 8.44. The van der Waals surface area contributed by atoms with E-state index < -0.39 is 10.0 Å². The van der Waals surface area contributed by atoms with Crippen LogP contribution in [-0.4, -0.2) is 49.9 Å². The molecular formula is C36H46N4O4S. The van der Waals surface area contributed by atoms with E-state index in [4.69, 9.17) is 4.74 Å². The SMILES string of the molecule is Cc1cccc(C)c1-c1cc2nc(n1)NS(=O)(=O)c1cccc(c1)CC([C@H]1CC3(C[C@H](C(=O)N(C)C)C3)C1)[C@H](CC(C)C)CO2. The Hall–Kier alpha value is -3.46. The molecule has 2 atom stereocenters. The minimum Gasteiger partial charge on any atom is -0.477 e. The summed E-state index contributed by atoms with van der Waals surface area (Å²) in [5.74, 6) is 2.28. The fourth-order valence-electron chi connectivity index (χ4n) is 8.28. The molecule has 1 unspecified atom stereocenters. The molecule has 1 N–H and O–H groups in total. The molecule has 1 spiro atoms. The van der Waals surface area contributed by atoms with Crippen LogP contribution in [0.15, 0.2) is 53.4 Å². The molecule has 2 saturated carbocycles. The van der Waals surface area contributed by atoms with Crippen LogP contribution in [0, 0.1) is 48.9 Å². The van der Waals surface area contributed by atoms with Crippen molar-refractivity contribution in [1.29, 1.82) is 0 Å². The first-order chi connectivity index (χ1) is 21.3. The highest BCUT2D eigenvalue weighted by Crippen LogP contribution is 2.64. The molecule has 2 aromatic carbocycles. The number of aryl methyl sites for hydroxylation is 2. The van der Waals surface area contributed by atoms with E-state index in [1.807, 2.05) is 64.3 Å². The Morgan fingerprint density at radius 1 is 1.02 bits per heavy atom. The third kappa shape index (κ3) is 6.46. The van der Waals surface area contributed by atoms with Crippen LogP contribution in [0.1, 0.15) is 62.6 Å². The number of hydrogen-bond acceptors (Lipinski definition) is 6. The molecule has 9 heteroatoms. The predicted octanol–water partition coefficient (Wildman–Crippen LogP) is 6.67. The second kappa shape index (κ2) is 12.0. The number of rotatable bonds is 5. The number of ether oxygens (including phenoxy) is 1. The average Bonchev–Trinajstić information content (AvgIpc) is 2.92. The maximum Gasteiger partial charge on any atom is 0.264 e. The largest absolute Gasteiger partial charge is 0.477 e. The molecule has 45 heavy (non-hydrogen) atoms. The van der Waals surface area contributed by atoms with Gasteiger partial charge in [-0.1, -0.05) is 44.2 Å². The Labute approximate surface area is 268 Å². The van der Waals surface area contributed by atoms with Gasteiger partial charge in [0.2, 0.25) is 17.7 Å². The lowest BCUT2D eigenvalue weighted by atomic mass is 9.45. The Morgan fingerprint density at radius 3 is 2.38 bits per heavy atom. The Morgan fingerprint density at radius 2 is 1.71 bits per heavy atom. The number of aromatic nitrogens is 2. The number of nitrogens with zero attached hydrogens (tertiary/aromatic N) is 3. The third-order valence-corrected chi connectivity index (χ3v) is 11.6. The fraction of sp³-hybridized carbons (Fsp3) is 0.528. The summed E-state index contributed by atoms with van der Waals surface area (Å²) >= 11 is 0. The molecule has 3 aromatic rings. The molecular weight excluding hydrogens is 584 g/mol. The van der Waals surface area contributed by atoms with E-state index >= 15 is 0 Å². The van der Waals surface area contributed by atoms with Gasteiger partial charge in [0.05, 0.1) is 17.2 Å². The van der Waals surface area contributed by atoms with Crippen LogP contribution in [0.2, 0.25) is 0 Å². The van der Waals surface area contributed by atoms with Crippen LogP contribution >= 0.6 is 0 Å². The first kappa shape index (κ1) is 31.5. The number of amides is 1. The van der Waals surface area contributed by atoms with Crippen LogP contribution in [0.25, 0.3) is 11.3 Å². The first-order valence-electron chi connectivity index (χ1n) is 16.2. The molecule has 2 fully saturated rings. The second-order valence-corrected chi connectivity index (χ2v) is 16.2. The summed E-state index contributed by atoms with van der Waals surface area (Å²) in [5.41, 5.74) is 4.93. The van der Waals surface area contributed by atoms with E-state index in [0.717, 1.165) is 60.8 Å². The fourth-order valence-corrected chi connectivity index (χ4v) is 9.29. The molecule has 6 rings (SSSR count). The van der Waals surface area contributed by atoms with E-state index in [-0.39, 0.29) is 34.0 Å². The molecule has 240 valence electrons. The summed E-state index contributed by atoms with van der Waals surface area (Å²) in [6, 6.07) is 15.2. The van der Waals surface area contributed by atoms with E-state index in [9.17, 15) is 13.2 Å². The number of sulfonamides is 1. The van der Waals surface area contributed by atoms with Gasteiger partial charge >= 0.3 is 0 Å². The number of anilines is 1. The number of carbonyl (C=O) groups excluding carboxylic acids is 1. The smallest absolute Gasteiger partial charge is 0.264 e. The quantitative estimate of drug-likeness (QED) is 0.338. The Balaban J connectivity index is 1.36. The highest BCUT2D eigenvalue weighted by molar-refractivity contribution is 7.92. The molecule has 0 saturated heterocycles. The van der Waals surface area contributed by atoms with Gasteiger partial charge in [-0.05, 0) is 110 Å². The van der Waals surface area contributed by atoms with Gasteiger partial charge < -0.3 is 9.64 Å². The minimum absolute atomic E-state index is 0.000457. The van der Waals surface area contributed by atoms with Gasteiger partial charge in [-0.25, -0.2) is 18.1 Å². The maximum absolute atomic E-state index is 13.6. The van der Waals surface area contributed by atoms with Crippen molar-refractivity contribution in [3.05, 3.63) is 65.2 Å². The van der Waals surface area contributed by atoms with Crippen molar-refractivity contribution in [2.45, 2.75) is 71.1 Å². The van der Waals surface area contributed by atoms with Gasteiger partial charge in [0, 0.05) is 31.6 Å². The molecule has 1 aliphatic heterocycles. The zero-order valence-corrected chi connectivity index (χ0v) is 28.2. The predicted molar refractivity (Wildman–Crippen MR) is 176 cm³/mol. The van der Waals surface area contributed by atoms with Gasteiger partial charge in [0.15, 0.2) is 0 Å². The zero-order valence-electron chi connectivity index (χ0n) is 27.3. The molecule has 8 nitrogen and oxygen atoms in total. The van der Waals surface area contributed by atoms with Crippen LogP contribution < -0.4 is 9.46 Å². The van der Waals surface area contributed by atoms with E-state index in [0.29, 0.717) is 35.9 Å². The van der Waals surface area contributed by atoms with Crippen LogP contribution in [0.5, 0.6) is 5.88 Å². The summed E-state index contributed by atoms with van der Waals surface area (Å²) in [4.78, 5) is 23.7. The summed E-state index contributed by atoms with van der Waals surface area (Å²) in [6.07, 6.45) is 5.94. The average molecular weight is 631 g/mol. The van der Waals surface area contributed by atoms with Crippen molar-refractivity contribution in [3.63, 3.8) is 0 Å². The topological polar surface area (TPSA) is 101 Å². The Bertz CT molecular complexity index is 1670. The van der Waals surface area contributed by atoms with Crippen molar-refractivity contribution in [3.8, 4) is 17.1 Å². The van der Waals surface area contributed by atoms with E-state index in [2.05, 4.69) is 28.5 Å². The van der Waals surface area contributed by atoms with Crippen molar-refractivity contribution in [1.82, 2.24) is 14.9 Å². The van der Waals surface area contributed by atoms with E-state index in [1.165, 1.54) is 0 Å². The summed E-state index contributed by atoms with van der Waals surface area (Å²) < 4.78 is 36.5. The molecule has 3 aliphatic rings. The van der Waals surface area contributed by atoms with E-state index in [1.54, 1.807) is 17.0 Å². The normalized spacial score (nSPS) is 27.1. The number of carbonyl (C=O) groups is 1. The van der Waals surface area contributed by atoms with Crippen LogP contribution in [-0.2, 0) is 21.2 Å². The molecule has 2 heterocycles.